The first kappa shape index (κ1) is 20.5. The lowest BCUT2D eigenvalue weighted by molar-refractivity contribution is -0.135. The number of urea groups is 1. The SMILES string of the molecule is COc1ccc([C@@H]2CC(=O)N(CC3CC3)C[C@H]2NC(=O)Nc2ccc(Cl)cc2)cc1. The predicted molar refractivity (Wildman–Crippen MR) is 117 cm³/mol. The maximum Gasteiger partial charge on any atom is 0.319 e. The molecule has 0 bridgehead atoms. The Bertz CT molecular complexity index is 897. The highest BCUT2D eigenvalue weighted by atomic mass is 35.5. The monoisotopic (exact) mass is 427 g/mol. The molecular formula is C23H26ClN3O3. The summed E-state index contributed by atoms with van der Waals surface area (Å²) in [5.74, 6) is 1.44. The second-order valence-corrected chi connectivity index (χ2v) is 8.47. The third kappa shape index (κ3) is 5.05. The number of amides is 3. The van der Waals surface area contributed by atoms with E-state index in [-0.39, 0.29) is 23.9 Å². The van der Waals surface area contributed by atoms with Crippen molar-refractivity contribution in [3.05, 3.63) is 59.1 Å². The fourth-order valence-electron chi connectivity index (χ4n) is 3.93. The Kier molecular flexibility index (Phi) is 6.13. The van der Waals surface area contributed by atoms with Gasteiger partial charge in [0, 0.05) is 36.1 Å². The summed E-state index contributed by atoms with van der Waals surface area (Å²) in [5.41, 5.74) is 1.69. The van der Waals surface area contributed by atoms with Crippen LogP contribution in [-0.4, -0.2) is 43.1 Å². The van der Waals surface area contributed by atoms with Crippen LogP contribution in [0.2, 0.25) is 5.02 Å². The minimum Gasteiger partial charge on any atom is -0.497 e. The fraction of sp³-hybridized carbons (Fsp3) is 0.391. The van der Waals surface area contributed by atoms with E-state index >= 15 is 0 Å². The molecular weight excluding hydrogens is 402 g/mol. The summed E-state index contributed by atoms with van der Waals surface area (Å²) in [6.07, 6.45) is 2.74. The van der Waals surface area contributed by atoms with Crippen molar-refractivity contribution < 1.29 is 14.3 Å². The smallest absolute Gasteiger partial charge is 0.319 e. The van der Waals surface area contributed by atoms with Gasteiger partial charge in [-0.25, -0.2) is 4.79 Å². The van der Waals surface area contributed by atoms with Crippen LogP contribution >= 0.6 is 11.6 Å². The molecule has 6 nitrogen and oxygen atoms in total. The molecule has 0 unspecified atom stereocenters. The van der Waals surface area contributed by atoms with Gasteiger partial charge >= 0.3 is 6.03 Å². The van der Waals surface area contributed by atoms with Crippen LogP contribution in [0.4, 0.5) is 10.5 Å². The first-order chi connectivity index (χ1) is 14.5. The molecule has 1 saturated heterocycles. The Morgan fingerprint density at radius 2 is 1.83 bits per heavy atom. The molecule has 1 aliphatic heterocycles. The molecule has 158 valence electrons. The van der Waals surface area contributed by atoms with Crippen molar-refractivity contribution in [1.82, 2.24) is 10.2 Å². The summed E-state index contributed by atoms with van der Waals surface area (Å²) in [4.78, 5) is 27.4. The molecule has 2 aromatic carbocycles. The van der Waals surface area contributed by atoms with Gasteiger partial charge in [0.1, 0.15) is 5.75 Å². The summed E-state index contributed by atoms with van der Waals surface area (Å²) in [5, 5.41) is 6.56. The van der Waals surface area contributed by atoms with Crippen molar-refractivity contribution in [2.24, 2.45) is 5.92 Å². The minimum atomic E-state index is -0.290. The van der Waals surface area contributed by atoms with Gasteiger partial charge in [0.05, 0.1) is 13.2 Å². The highest BCUT2D eigenvalue weighted by molar-refractivity contribution is 6.30. The maximum atomic E-state index is 12.8. The quantitative estimate of drug-likeness (QED) is 0.723. The molecule has 2 aromatic rings. The van der Waals surface area contributed by atoms with Gasteiger partial charge in [0.15, 0.2) is 0 Å². The molecule has 4 rings (SSSR count). The molecule has 0 spiro atoms. The van der Waals surface area contributed by atoms with E-state index in [0.717, 1.165) is 17.9 Å². The number of nitrogens with zero attached hydrogens (tertiary/aromatic N) is 1. The number of hydrogen-bond acceptors (Lipinski definition) is 3. The van der Waals surface area contributed by atoms with Crippen LogP contribution < -0.4 is 15.4 Å². The van der Waals surface area contributed by atoms with Gasteiger partial charge in [-0.1, -0.05) is 23.7 Å². The lowest BCUT2D eigenvalue weighted by Crippen LogP contribution is -2.54. The molecule has 1 saturated carbocycles. The van der Waals surface area contributed by atoms with E-state index in [9.17, 15) is 9.59 Å². The van der Waals surface area contributed by atoms with E-state index in [1.807, 2.05) is 29.2 Å². The van der Waals surface area contributed by atoms with E-state index < -0.39 is 0 Å². The van der Waals surface area contributed by atoms with Gasteiger partial charge in [-0.2, -0.15) is 0 Å². The third-order valence-electron chi connectivity index (χ3n) is 5.79. The second kappa shape index (κ2) is 8.96. The number of piperidine rings is 1. The van der Waals surface area contributed by atoms with Crippen molar-refractivity contribution >= 4 is 29.2 Å². The Hall–Kier alpha value is -2.73. The highest BCUT2D eigenvalue weighted by Crippen LogP contribution is 2.34. The van der Waals surface area contributed by atoms with Gasteiger partial charge < -0.3 is 20.3 Å². The Labute approximate surface area is 181 Å². The zero-order valence-electron chi connectivity index (χ0n) is 16.9. The summed E-state index contributed by atoms with van der Waals surface area (Å²) < 4.78 is 5.25. The average Bonchev–Trinajstić information content (AvgIpc) is 3.56. The van der Waals surface area contributed by atoms with Crippen molar-refractivity contribution in [2.75, 3.05) is 25.5 Å². The summed E-state index contributed by atoms with van der Waals surface area (Å²) >= 11 is 5.91. The summed E-state index contributed by atoms with van der Waals surface area (Å²) in [6, 6.07) is 14.2. The average molecular weight is 428 g/mol. The standard InChI is InChI=1S/C23H26ClN3O3/c1-30-19-10-4-16(5-11-19)20-12-22(28)27(13-15-2-3-15)14-21(20)26-23(29)25-18-8-6-17(24)7-9-18/h4-11,15,20-21H,2-3,12-14H2,1H3,(H2,25,26,29)/t20-,21+/m0/s1. The zero-order chi connectivity index (χ0) is 21.1. The van der Waals surface area contributed by atoms with E-state index in [1.165, 1.54) is 12.8 Å². The third-order valence-corrected chi connectivity index (χ3v) is 6.04. The first-order valence-electron chi connectivity index (χ1n) is 10.3. The highest BCUT2D eigenvalue weighted by Gasteiger charge is 2.38. The van der Waals surface area contributed by atoms with Crippen molar-refractivity contribution in [3.8, 4) is 5.75 Å². The number of carbonyl (C=O) groups excluding carboxylic acids is 2. The van der Waals surface area contributed by atoms with Gasteiger partial charge in [-0.3, -0.25) is 4.79 Å². The Balaban J connectivity index is 1.49. The summed E-state index contributed by atoms with van der Waals surface area (Å²) in [7, 11) is 1.63. The largest absolute Gasteiger partial charge is 0.497 e. The summed E-state index contributed by atoms with van der Waals surface area (Å²) in [6.45, 7) is 1.30. The Morgan fingerprint density at radius 3 is 2.47 bits per heavy atom. The van der Waals surface area contributed by atoms with Crippen molar-refractivity contribution in [1.29, 1.82) is 0 Å². The van der Waals surface area contributed by atoms with E-state index in [1.54, 1.807) is 31.4 Å². The van der Waals surface area contributed by atoms with Crippen LogP contribution in [-0.2, 0) is 4.79 Å². The van der Waals surface area contributed by atoms with Crippen molar-refractivity contribution in [2.45, 2.75) is 31.2 Å². The van der Waals surface area contributed by atoms with Crippen LogP contribution in [0.25, 0.3) is 0 Å². The van der Waals surface area contributed by atoms with E-state index in [0.29, 0.717) is 29.6 Å². The molecule has 7 heteroatoms. The van der Waals surface area contributed by atoms with Crippen LogP contribution in [0.15, 0.2) is 48.5 Å². The Morgan fingerprint density at radius 1 is 1.13 bits per heavy atom. The predicted octanol–water partition coefficient (Wildman–Crippen LogP) is 4.26. The number of halogens is 1. The van der Waals surface area contributed by atoms with Crippen LogP contribution in [0.3, 0.4) is 0 Å². The van der Waals surface area contributed by atoms with Gasteiger partial charge in [0.25, 0.3) is 0 Å². The molecule has 0 aromatic heterocycles. The molecule has 1 aliphatic carbocycles. The molecule has 2 aliphatic rings. The van der Waals surface area contributed by atoms with Gasteiger partial charge in [-0.15, -0.1) is 0 Å². The van der Waals surface area contributed by atoms with Gasteiger partial charge in [0.2, 0.25) is 5.91 Å². The van der Waals surface area contributed by atoms with E-state index in [4.69, 9.17) is 16.3 Å². The maximum absolute atomic E-state index is 12.8. The van der Waals surface area contributed by atoms with Crippen LogP contribution in [0.1, 0.15) is 30.7 Å². The lowest BCUT2D eigenvalue weighted by atomic mass is 9.84. The van der Waals surface area contributed by atoms with Gasteiger partial charge in [-0.05, 0) is 60.7 Å². The molecule has 2 fully saturated rings. The molecule has 30 heavy (non-hydrogen) atoms. The molecule has 3 amide bonds. The number of carbonyl (C=O) groups is 2. The zero-order valence-corrected chi connectivity index (χ0v) is 17.7. The number of likely N-dealkylation sites (tertiary alicyclic amines) is 1. The number of ether oxygens (including phenoxy) is 1. The van der Waals surface area contributed by atoms with E-state index in [2.05, 4.69) is 10.6 Å². The number of methoxy groups -OCH3 is 1. The topological polar surface area (TPSA) is 70.7 Å². The number of hydrogen-bond donors (Lipinski definition) is 2. The number of benzene rings is 2. The fourth-order valence-corrected chi connectivity index (χ4v) is 4.06. The molecule has 2 N–H and O–H groups in total. The number of nitrogens with one attached hydrogen (secondary N) is 2. The van der Waals surface area contributed by atoms with Crippen LogP contribution in [0, 0.1) is 5.92 Å². The molecule has 2 atom stereocenters. The first-order valence-corrected chi connectivity index (χ1v) is 10.6. The van der Waals surface area contributed by atoms with Crippen LogP contribution in [0.5, 0.6) is 5.75 Å². The van der Waals surface area contributed by atoms with Crippen molar-refractivity contribution in [3.63, 3.8) is 0 Å². The normalized spacial score (nSPS) is 21.3. The second-order valence-electron chi connectivity index (χ2n) is 8.04. The minimum absolute atomic E-state index is 0.0881. The number of anilines is 1. The number of rotatable bonds is 6. The molecule has 1 heterocycles. The molecule has 0 radical (unpaired) electrons. The lowest BCUT2D eigenvalue weighted by Gasteiger charge is -2.39.